The van der Waals surface area contributed by atoms with Crippen LogP contribution in [0.25, 0.3) is 11.1 Å². The van der Waals surface area contributed by atoms with Crippen molar-refractivity contribution < 1.29 is 14.8 Å². The predicted octanol–water partition coefficient (Wildman–Crippen LogP) is 3.26. The molecule has 7 nitrogen and oxygen atoms in total. The van der Waals surface area contributed by atoms with Crippen molar-refractivity contribution in [2.45, 2.75) is 19.8 Å². The molecule has 1 aliphatic rings. The first-order valence-electron chi connectivity index (χ1n) is 7.72. The first-order chi connectivity index (χ1) is 11.5. The fraction of sp³-hybridized carbons (Fsp3) is 0.294. The van der Waals surface area contributed by atoms with Crippen LogP contribution < -0.4 is 4.90 Å². The van der Waals surface area contributed by atoms with Gasteiger partial charge in [0, 0.05) is 36.5 Å². The van der Waals surface area contributed by atoms with Crippen molar-refractivity contribution >= 4 is 17.5 Å². The summed E-state index contributed by atoms with van der Waals surface area (Å²) in [5.74, 6) is -0.564. The van der Waals surface area contributed by atoms with Crippen molar-refractivity contribution in [3.05, 3.63) is 51.7 Å². The highest BCUT2D eigenvalue weighted by molar-refractivity contribution is 6.01. The highest BCUT2D eigenvalue weighted by Gasteiger charge is 2.25. The molecule has 1 aromatic heterocycles. The summed E-state index contributed by atoms with van der Waals surface area (Å²) in [7, 11) is 0. The van der Waals surface area contributed by atoms with Gasteiger partial charge >= 0.3 is 5.97 Å². The Morgan fingerprint density at radius 1 is 1.25 bits per heavy atom. The molecule has 1 N–H and O–H groups in total. The highest BCUT2D eigenvalue weighted by atomic mass is 16.6. The maximum absolute atomic E-state index is 11.9. The normalized spacial score (nSPS) is 14.0. The molecule has 0 unspecified atom stereocenters. The second-order valence-corrected chi connectivity index (χ2v) is 5.81. The van der Waals surface area contributed by atoms with Gasteiger partial charge in [-0.15, -0.1) is 0 Å². The van der Waals surface area contributed by atoms with Gasteiger partial charge in [0.25, 0.3) is 5.69 Å². The molecule has 7 heteroatoms. The van der Waals surface area contributed by atoms with Crippen molar-refractivity contribution in [2.24, 2.45) is 0 Å². The molecule has 3 rings (SSSR count). The Labute approximate surface area is 138 Å². The first-order valence-corrected chi connectivity index (χ1v) is 7.72. The van der Waals surface area contributed by atoms with E-state index in [0.29, 0.717) is 16.9 Å². The lowest BCUT2D eigenvalue weighted by Crippen LogP contribution is -2.23. The Hall–Kier alpha value is -2.96. The number of aromatic nitrogens is 1. The Morgan fingerprint density at radius 2 is 1.88 bits per heavy atom. The molecule has 0 saturated carbocycles. The molecule has 0 amide bonds. The van der Waals surface area contributed by atoms with Gasteiger partial charge in [-0.25, -0.2) is 9.78 Å². The average molecular weight is 327 g/mol. The van der Waals surface area contributed by atoms with E-state index < -0.39 is 10.9 Å². The molecule has 0 bridgehead atoms. The van der Waals surface area contributed by atoms with Gasteiger partial charge in [0.15, 0.2) is 0 Å². The number of anilines is 1. The second kappa shape index (κ2) is 6.27. The molecule has 1 fully saturated rings. The SMILES string of the molecule is Cc1cc(-c2ccc([N+](=O)[O-])cc2)c(C(=O)O)c(N2CCCC2)n1. The van der Waals surface area contributed by atoms with Gasteiger partial charge in [-0.05, 0) is 43.5 Å². The van der Waals surface area contributed by atoms with Crippen LogP contribution in [0.4, 0.5) is 11.5 Å². The number of nitro benzene ring substituents is 1. The Kier molecular flexibility index (Phi) is 4.16. The molecule has 1 saturated heterocycles. The lowest BCUT2D eigenvalue weighted by molar-refractivity contribution is -0.384. The number of rotatable bonds is 4. The van der Waals surface area contributed by atoms with Crippen LogP contribution in [0.15, 0.2) is 30.3 Å². The van der Waals surface area contributed by atoms with Gasteiger partial charge in [0.05, 0.1) is 4.92 Å². The predicted molar refractivity (Wildman–Crippen MR) is 89.5 cm³/mol. The largest absolute Gasteiger partial charge is 0.478 e. The molecule has 1 aromatic carbocycles. The summed E-state index contributed by atoms with van der Waals surface area (Å²) in [5, 5.41) is 20.5. The van der Waals surface area contributed by atoms with E-state index in [0.717, 1.165) is 31.6 Å². The van der Waals surface area contributed by atoms with Gasteiger partial charge in [-0.1, -0.05) is 0 Å². The number of hydrogen-bond acceptors (Lipinski definition) is 5. The zero-order chi connectivity index (χ0) is 17.3. The summed E-state index contributed by atoms with van der Waals surface area (Å²) >= 11 is 0. The van der Waals surface area contributed by atoms with Crippen LogP contribution in [-0.4, -0.2) is 34.1 Å². The minimum absolute atomic E-state index is 0.0267. The number of carbonyl (C=O) groups is 1. The van der Waals surface area contributed by atoms with E-state index in [9.17, 15) is 20.0 Å². The van der Waals surface area contributed by atoms with Gasteiger partial charge < -0.3 is 10.0 Å². The molecular weight excluding hydrogens is 310 g/mol. The van der Waals surface area contributed by atoms with Crippen LogP contribution in [0.3, 0.4) is 0 Å². The van der Waals surface area contributed by atoms with Crippen LogP contribution in [0.1, 0.15) is 28.9 Å². The molecule has 124 valence electrons. The summed E-state index contributed by atoms with van der Waals surface area (Å²) in [4.78, 5) is 28.6. The number of carboxylic acids is 1. The Bertz CT molecular complexity index is 796. The molecule has 24 heavy (non-hydrogen) atoms. The lowest BCUT2D eigenvalue weighted by atomic mass is 9.99. The van der Waals surface area contributed by atoms with Crippen LogP contribution in [0.2, 0.25) is 0 Å². The number of nitro groups is 1. The third-order valence-corrected chi connectivity index (χ3v) is 4.14. The van der Waals surface area contributed by atoms with Crippen LogP contribution in [-0.2, 0) is 0 Å². The smallest absolute Gasteiger partial charge is 0.340 e. The van der Waals surface area contributed by atoms with E-state index >= 15 is 0 Å². The van der Waals surface area contributed by atoms with E-state index in [1.807, 2.05) is 11.8 Å². The van der Waals surface area contributed by atoms with Crippen LogP contribution in [0.5, 0.6) is 0 Å². The van der Waals surface area contributed by atoms with E-state index in [1.165, 1.54) is 12.1 Å². The molecule has 1 aliphatic heterocycles. The van der Waals surface area contributed by atoms with E-state index in [2.05, 4.69) is 4.98 Å². The fourth-order valence-electron chi connectivity index (χ4n) is 3.02. The summed E-state index contributed by atoms with van der Waals surface area (Å²) in [6, 6.07) is 7.63. The van der Waals surface area contributed by atoms with Crippen molar-refractivity contribution in [3.63, 3.8) is 0 Å². The standard InChI is InChI=1S/C17H17N3O4/c1-11-10-14(12-4-6-13(7-5-12)20(23)24)15(17(21)22)16(18-11)19-8-2-3-9-19/h4-7,10H,2-3,8-9H2,1H3,(H,21,22). The molecule has 0 atom stereocenters. The minimum Gasteiger partial charge on any atom is -0.478 e. The summed E-state index contributed by atoms with van der Waals surface area (Å²) in [6.45, 7) is 3.40. The third kappa shape index (κ3) is 2.92. The van der Waals surface area contributed by atoms with Gasteiger partial charge in [0.2, 0.25) is 0 Å². The molecule has 2 aromatic rings. The van der Waals surface area contributed by atoms with Crippen molar-refractivity contribution in [2.75, 3.05) is 18.0 Å². The van der Waals surface area contributed by atoms with Crippen molar-refractivity contribution in [1.82, 2.24) is 4.98 Å². The topological polar surface area (TPSA) is 96.6 Å². The number of aromatic carboxylic acids is 1. The zero-order valence-electron chi connectivity index (χ0n) is 13.2. The highest BCUT2D eigenvalue weighted by Crippen LogP contribution is 2.33. The Morgan fingerprint density at radius 3 is 2.42 bits per heavy atom. The number of carboxylic acid groups (broad SMARTS) is 1. The van der Waals surface area contributed by atoms with Gasteiger partial charge in [-0.3, -0.25) is 10.1 Å². The maximum Gasteiger partial charge on any atom is 0.340 e. The summed E-state index contributed by atoms with van der Waals surface area (Å²) in [5.41, 5.74) is 2.00. The number of nitrogens with zero attached hydrogens (tertiary/aromatic N) is 3. The lowest BCUT2D eigenvalue weighted by Gasteiger charge is -2.21. The van der Waals surface area contributed by atoms with E-state index in [1.54, 1.807) is 18.2 Å². The minimum atomic E-state index is -1.04. The molecule has 2 heterocycles. The summed E-state index contributed by atoms with van der Waals surface area (Å²) < 4.78 is 0. The molecule has 0 aliphatic carbocycles. The van der Waals surface area contributed by atoms with E-state index in [-0.39, 0.29) is 11.3 Å². The molecule has 0 radical (unpaired) electrons. The molecular formula is C17H17N3O4. The number of non-ortho nitro benzene ring substituents is 1. The van der Waals surface area contributed by atoms with Crippen molar-refractivity contribution in [3.8, 4) is 11.1 Å². The van der Waals surface area contributed by atoms with E-state index in [4.69, 9.17) is 0 Å². The Balaban J connectivity index is 2.15. The maximum atomic E-state index is 11.9. The third-order valence-electron chi connectivity index (χ3n) is 4.14. The fourth-order valence-corrected chi connectivity index (χ4v) is 3.02. The van der Waals surface area contributed by atoms with Crippen molar-refractivity contribution in [1.29, 1.82) is 0 Å². The number of hydrogen-bond donors (Lipinski definition) is 1. The first kappa shape index (κ1) is 15.9. The number of pyridine rings is 1. The molecule has 0 spiro atoms. The quantitative estimate of drug-likeness (QED) is 0.684. The number of benzene rings is 1. The van der Waals surface area contributed by atoms with Crippen LogP contribution >= 0.6 is 0 Å². The average Bonchev–Trinajstić information content (AvgIpc) is 3.08. The van der Waals surface area contributed by atoms with Gasteiger partial charge in [-0.2, -0.15) is 0 Å². The second-order valence-electron chi connectivity index (χ2n) is 5.81. The zero-order valence-corrected chi connectivity index (χ0v) is 13.2. The van der Waals surface area contributed by atoms with Crippen LogP contribution in [0, 0.1) is 17.0 Å². The van der Waals surface area contributed by atoms with Gasteiger partial charge in [0.1, 0.15) is 11.4 Å². The monoisotopic (exact) mass is 327 g/mol. The summed E-state index contributed by atoms with van der Waals surface area (Å²) in [6.07, 6.45) is 2.03. The number of aryl methyl sites for hydroxylation is 1.